The summed E-state index contributed by atoms with van der Waals surface area (Å²) in [6.07, 6.45) is -0.00336. The van der Waals surface area contributed by atoms with Crippen molar-refractivity contribution >= 4 is 11.8 Å². The van der Waals surface area contributed by atoms with E-state index in [1.807, 2.05) is 0 Å². The fourth-order valence-corrected chi connectivity index (χ4v) is 2.51. The zero-order valence-corrected chi connectivity index (χ0v) is 12.4. The summed E-state index contributed by atoms with van der Waals surface area (Å²) in [4.78, 5) is 25.4. The Hall–Kier alpha value is -2.02. The maximum absolute atomic E-state index is 13.8. The molecule has 0 bridgehead atoms. The Kier molecular flexibility index (Phi) is 5.43. The van der Waals surface area contributed by atoms with Crippen LogP contribution < -0.4 is 10.6 Å². The van der Waals surface area contributed by atoms with E-state index >= 15 is 0 Å². The molecule has 0 spiro atoms. The molecular weight excluding hydrogens is 292 g/mol. The average Bonchev–Trinajstić information content (AvgIpc) is 2.48. The Morgan fingerprint density at radius 1 is 1.45 bits per heavy atom. The van der Waals surface area contributed by atoms with E-state index in [0.29, 0.717) is 19.6 Å². The highest BCUT2D eigenvalue weighted by atomic mass is 19.2. The van der Waals surface area contributed by atoms with Crippen molar-refractivity contribution in [2.45, 2.75) is 25.9 Å². The molecule has 0 unspecified atom stereocenters. The largest absolute Gasteiger partial charge is 0.356 e. The molecule has 1 fully saturated rings. The van der Waals surface area contributed by atoms with E-state index < -0.39 is 17.7 Å². The highest BCUT2D eigenvalue weighted by Gasteiger charge is 2.32. The van der Waals surface area contributed by atoms with Gasteiger partial charge in [0.05, 0.1) is 12.5 Å². The summed E-state index contributed by atoms with van der Waals surface area (Å²) in [7, 11) is 0. The van der Waals surface area contributed by atoms with Gasteiger partial charge in [0.1, 0.15) is 0 Å². The first-order valence-corrected chi connectivity index (χ1v) is 7.24. The smallest absolute Gasteiger partial charge is 0.237 e. The number of amides is 2. The number of piperazine rings is 1. The molecule has 1 aliphatic rings. The molecular formula is C15H19F2N3O2. The predicted octanol–water partition coefficient (Wildman–Crippen LogP) is 0.791. The van der Waals surface area contributed by atoms with E-state index in [2.05, 4.69) is 10.6 Å². The zero-order valence-electron chi connectivity index (χ0n) is 12.4. The van der Waals surface area contributed by atoms with Gasteiger partial charge in [-0.15, -0.1) is 0 Å². The quantitative estimate of drug-likeness (QED) is 0.845. The van der Waals surface area contributed by atoms with Crippen molar-refractivity contribution in [1.82, 2.24) is 15.5 Å². The van der Waals surface area contributed by atoms with E-state index in [-0.39, 0.29) is 30.3 Å². The molecule has 2 rings (SSSR count). The van der Waals surface area contributed by atoms with Gasteiger partial charge in [0.25, 0.3) is 0 Å². The third kappa shape index (κ3) is 3.79. The Morgan fingerprint density at radius 2 is 2.23 bits per heavy atom. The molecule has 1 aliphatic heterocycles. The third-order valence-electron chi connectivity index (χ3n) is 3.60. The van der Waals surface area contributed by atoms with Gasteiger partial charge in [-0.3, -0.25) is 14.5 Å². The van der Waals surface area contributed by atoms with Gasteiger partial charge in [-0.25, -0.2) is 8.78 Å². The summed E-state index contributed by atoms with van der Waals surface area (Å²) in [5.41, 5.74) is 0.176. The van der Waals surface area contributed by atoms with Crippen molar-refractivity contribution < 1.29 is 18.4 Å². The lowest BCUT2D eigenvalue weighted by Crippen LogP contribution is -2.56. The summed E-state index contributed by atoms with van der Waals surface area (Å²) < 4.78 is 27.1. The number of hydrogen-bond acceptors (Lipinski definition) is 3. The molecule has 2 amide bonds. The Labute approximate surface area is 127 Å². The number of hydrogen-bond donors (Lipinski definition) is 2. The molecule has 1 heterocycles. The highest BCUT2D eigenvalue weighted by molar-refractivity contribution is 5.88. The minimum Gasteiger partial charge on any atom is -0.356 e. The van der Waals surface area contributed by atoms with Crippen molar-refractivity contribution in [3.8, 4) is 0 Å². The molecule has 5 nitrogen and oxygen atoms in total. The molecule has 1 saturated heterocycles. The number of carbonyl (C=O) groups excluding carboxylic acids is 2. The molecule has 7 heteroatoms. The zero-order chi connectivity index (χ0) is 16.1. The minimum absolute atomic E-state index is 0.00336. The lowest BCUT2D eigenvalue weighted by atomic mass is 10.1. The van der Waals surface area contributed by atoms with E-state index in [4.69, 9.17) is 0 Å². The molecule has 1 aromatic rings. The Morgan fingerprint density at radius 3 is 2.95 bits per heavy atom. The molecule has 0 aliphatic carbocycles. The maximum atomic E-state index is 13.8. The number of nitrogens with one attached hydrogen (secondary N) is 2. The first kappa shape index (κ1) is 16.4. The lowest BCUT2D eigenvalue weighted by Gasteiger charge is -2.34. The number of halogens is 2. The molecule has 120 valence electrons. The number of rotatable bonds is 5. The summed E-state index contributed by atoms with van der Waals surface area (Å²) in [6.45, 7) is 3.25. The molecule has 0 saturated carbocycles. The van der Waals surface area contributed by atoms with Crippen LogP contribution in [0.25, 0.3) is 0 Å². The molecule has 2 N–H and O–H groups in total. The molecule has 0 aromatic heterocycles. The van der Waals surface area contributed by atoms with Gasteiger partial charge in [0.15, 0.2) is 11.6 Å². The molecule has 22 heavy (non-hydrogen) atoms. The summed E-state index contributed by atoms with van der Waals surface area (Å²) in [5, 5.41) is 5.33. The van der Waals surface area contributed by atoms with Crippen LogP contribution in [0.5, 0.6) is 0 Å². The van der Waals surface area contributed by atoms with Crippen molar-refractivity contribution in [3.63, 3.8) is 0 Å². The number of benzene rings is 1. The van der Waals surface area contributed by atoms with Crippen LogP contribution in [0.1, 0.15) is 18.9 Å². The second kappa shape index (κ2) is 7.31. The van der Waals surface area contributed by atoms with Crippen LogP contribution in [0.3, 0.4) is 0 Å². The Balaban J connectivity index is 2.13. The van der Waals surface area contributed by atoms with Crippen LogP contribution >= 0.6 is 0 Å². The van der Waals surface area contributed by atoms with E-state index in [1.165, 1.54) is 12.1 Å². The van der Waals surface area contributed by atoms with Gasteiger partial charge in [-0.05, 0) is 13.0 Å². The van der Waals surface area contributed by atoms with Gasteiger partial charge in [-0.1, -0.05) is 12.1 Å². The van der Waals surface area contributed by atoms with Crippen molar-refractivity contribution in [1.29, 1.82) is 0 Å². The van der Waals surface area contributed by atoms with Gasteiger partial charge in [0, 0.05) is 31.7 Å². The predicted molar refractivity (Wildman–Crippen MR) is 76.9 cm³/mol. The van der Waals surface area contributed by atoms with Gasteiger partial charge >= 0.3 is 0 Å². The van der Waals surface area contributed by atoms with Gasteiger partial charge in [0.2, 0.25) is 11.8 Å². The topological polar surface area (TPSA) is 61.4 Å². The van der Waals surface area contributed by atoms with Gasteiger partial charge < -0.3 is 10.6 Å². The van der Waals surface area contributed by atoms with E-state index in [0.717, 1.165) is 6.07 Å². The second-order valence-electron chi connectivity index (χ2n) is 5.15. The fourth-order valence-electron chi connectivity index (χ4n) is 2.51. The molecule has 1 atom stereocenters. The minimum atomic E-state index is -0.917. The van der Waals surface area contributed by atoms with E-state index in [1.54, 1.807) is 11.8 Å². The first-order valence-electron chi connectivity index (χ1n) is 7.24. The Bertz CT molecular complexity index is 566. The molecule has 1 aromatic carbocycles. The molecule has 0 radical (unpaired) electrons. The first-order chi connectivity index (χ1) is 10.5. The third-order valence-corrected chi connectivity index (χ3v) is 3.60. The van der Waals surface area contributed by atoms with Crippen LogP contribution in [0.4, 0.5) is 8.78 Å². The van der Waals surface area contributed by atoms with Crippen molar-refractivity contribution in [2.75, 3.05) is 19.6 Å². The van der Waals surface area contributed by atoms with Crippen molar-refractivity contribution in [3.05, 3.63) is 35.4 Å². The maximum Gasteiger partial charge on any atom is 0.237 e. The SMILES string of the molecule is CCNC(=O)C[C@@H]1C(=O)NCCN1Cc1cccc(F)c1F. The van der Waals surface area contributed by atoms with Crippen molar-refractivity contribution in [2.24, 2.45) is 0 Å². The van der Waals surface area contributed by atoms with Crippen LogP contribution in [0.2, 0.25) is 0 Å². The van der Waals surface area contributed by atoms with E-state index in [9.17, 15) is 18.4 Å². The van der Waals surface area contributed by atoms with Crippen LogP contribution in [-0.4, -0.2) is 42.4 Å². The normalized spacial score (nSPS) is 18.9. The fraction of sp³-hybridized carbons (Fsp3) is 0.467. The summed E-state index contributed by atoms with van der Waals surface area (Å²) in [5.74, 6) is -2.34. The lowest BCUT2D eigenvalue weighted by molar-refractivity contribution is -0.134. The monoisotopic (exact) mass is 311 g/mol. The second-order valence-corrected chi connectivity index (χ2v) is 5.15. The highest BCUT2D eigenvalue weighted by Crippen LogP contribution is 2.17. The average molecular weight is 311 g/mol. The van der Waals surface area contributed by atoms with Crippen LogP contribution in [0.15, 0.2) is 18.2 Å². The van der Waals surface area contributed by atoms with Gasteiger partial charge in [-0.2, -0.15) is 0 Å². The summed E-state index contributed by atoms with van der Waals surface area (Å²) >= 11 is 0. The number of nitrogens with zero attached hydrogens (tertiary/aromatic N) is 1. The standard InChI is InChI=1S/C15H19F2N3O2/c1-2-18-13(21)8-12-15(22)19-6-7-20(12)9-10-4-3-5-11(16)14(10)17/h3-5,12H,2,6-9H2,1H3,(H,18,21)(H,19,22)/t12-/m1/s1. The van der Waals surface area contributed by atoms with Crippen LogP contribution in [-0.2, 0) is 16.1 Å². The van der Waals surface area contributed by atoms with Crippen LogP contribution in [0, 0.1) is 11.6 Å². The summed E-state index contributed by atoms with van der Waals surface area (Å²) in [6, 6.07) is 3.28. The number of carbonyl (C=O) groups is 2.